The van der Waals surface area contributed by atoms with E-state index in [0.717, 1.165) is 5.56 Å². The molecule has 0 bridgehead atoms. The Balaban J connectivity index is 2.13. The molecule has 0 spiro atoms. The Morgan fingerprint density at radius 1 is 1.05 bits per heavy atom. The van der Waals surface area contributed by atoms with Gasteiger partial charge in [-0.1, -0.05) is 41.3 Å². The summed E-state index contributed by atoms with van der Waals surface area (Å²) in [5.74, 6) is 1.87. The molecule has 5 heteroatoms. The number of halogens is 2. The number of hydrogen-bond donors (Lipinski definition) is 0. The van der Waals surface area contributed by atoms with Gasteiger partial charge in [0.1, 0.15) is 0 Å². The molecule has 1 saturated heterocycles. The lowest BCUT2D eigenvalue weighted by Gasteiger charge is -2.32. The lowest BCUT2D eigenvalue weighted by Crippen LogP contribution is -2.41. The zero-order chi connectivity index (χ0) is 14.3. The molecule has 1 aromatic rings. The van der Waals surface area contributed by atoms with Gasteiger partial charge in [0.15, 0.2) is 0 Å². The first-order chi connectivity index (χ1) is 8.71. The van der Waals surface area contributed by atoms with Crippen LogP contribution >= 0.6 is 23.2 Å². The summed E-state index contributed by atoms with van der Waals surface area (Å²) >= 11 is 12.0. The standard InChI is InChI=1S/C14H17BCl2O2/c1-13(2)14(3,4)19-15(18-13)8-7-10-5-6-11(16)9-12(10)17/h5-9H,1-4H3/b8-7+. The molecule has 2 rings (SSSR count). The highest BCUT2D eigenvalue weighted by atomic mass is 35.5. The summed E-state index contributed by atoms with van der Waals surface area (Å²) in [7, 11) is -0.364. The second-order valence-electron chi connectivity index (χ2n) is 5.65. The van der Waals surface area contributed by atoms with E-state index in [1.54, 1.807) is 12.1 Å². The second-order valence-corrected chi connectivity index (χ2v) is 6.49. The predicted octanol–water partition coefficient (Wildman–Crippen LogP) is 4.64. The van der Waals surface area contributed by atoms with Crippen LogP contribution < -0.4 is 0 Å². The summed E-state index contributed by atoms with van der Waals surface area (Å²) in [6.07, 6.45) is 1.89. The molecule has 102 valence electrons. The van der Waals surface area contributed by atoms with E-state index in [0.29, 0.717) is 10.0 Å². The summed E-state index contributed by atoms with van der Waals surface area (Å²) in [5, 5.41) is 1.23. The largest absolute Gasteiger partial charge is 0.487 e. The molecule has 0 aliphatic carbocycles. The minimum absolute atomic E-state index is 0.328. The highest BCUT2D eigenvalue weighted by Crippen LogP contribution is 2.37. The van der Waals surface area contributed by atoms with Gasteiger partial charge >= 0.3 is 7.12 Å². The van der Waals surface area contributed by atoms with E-state index < -0.39 is 0 Å². The van der Waals surface area contributed by atoms with E-state index in [-0.39, 0.29) is 18.3 Å². The van der Waals surface area contributed by atoms with Crippen molar-refractivity contribution in [1.82, 2.24) is 0 Å². The van der Waals surface area contributed by atoms with Crippen LogP contribution in [0.25, 0.3) is 6.08 Å². The Hall–Kier alpha value is -0.475. The second kappa shape index (κ2) is 5.14. The van der Waals surface area contributed by atoms with Crippen LogP contribution in [-0.2, 0) is 9.31 Å². The van der Waals surface area contributed by atoms with Gasteiger partial charge in [0, 0.05) is 10.0 Å². The molecule has 0 aromatic heterocycles. The Morgan fingerprint density at radius 3 is 2.16 bits per heavy atom. The zero-order valence-electron chi connectivity index (χ0n) is 11.5. The Morgan fingerprint density at radius 2 is 1.63 bits per heavy atom. The first kappa shape index (κ1) is 14.9. The van der Waals surface area contributed by atoms with Crippen LogP contribution in [0.2, 0.25) is 10.0 Å². The summed E-state index contributed by atoms with van der Waals surface area (Å²) in [6.45, 7) is 8.10. The van der Waals surface area contributed by atoms with Gasteiger partial charge in [-0.15, -0.1) is 0 Å². The van der Waals surface area contributed by atoms with E-state index >= 15 is 0 Å². The fraction of sp³-hybridized carbons (Fsp3) is 0.429. The first-order valence-electron chi connectivity index (χ1n) is 6.20. The van der Waals surface area contributed by atoms with Crippen molar-refractivity contribution in [3.05, 3.63) is 39.8 Å². The number of hydrogen-bond acceptors (Lipinski definition) is 2. The van der Waals surface area contributed by atoms with Crippen molar-refractivity contribution in [2.24, 2.45) is 0 Å². The van der Waals surface area contributed by atoms with Crippen molar-refractivity contribution in [2.75, 3.05) is 0 Å². The SMILES string of the molecule is CC1(C)OB(/C=C/c2ccc(Cl)cc2Cl)OC1(C)C. The molecule has 1 fully saturated rings. The third-order valence-corrected chi connectivity index (χ3v) is 4.23. The van der Waals surface area contributed by atoms with E-state index in [4.69, 9.17) is 32.5 Å². The van der Waals surface area contributed by atoms with Crippen LogP contribution in [0.1, 0.15) is 33.3 Å². The maximum atomic E-state index is 6.11. The normalized spacial score (nSPS) is 21.3. The average Bonchev–Trinajstić information content (AvgIpc) is 2.46. The Bertz CT molecular complexity index is 496. The quantitative estimate of drug-likeness (QED) is 0.741. The Kier molecular flexibility index (Phi) is 4.03. The van der Waals surface area contributed by atoms with Gasteiger partial charge in [0.2, 0.25) is 0 Å². The van der Waals surface area contributed by atoms with Crippen molar-refractivity contribution in [3.63, 3.8) is 0 Å². The maximum absolute atomic E-state index is 6.11. The topological polar surface area (TPSA) is 18.5 Å². The molecule has 1 aliphatic heterocycles. The molecule has 0 saturated carbocycles. The minimum atomic E-state index is -0.364. The third-order valence-electron chi connectivity index (χ3n) is 3.67. The molecular weight excluding hydrogens is 282 g/mol. The van der Waals surface area contributed by atoms with Gasteiger partial charge in [-0.2, -0.15) is 0 Å². The van der Waals surface area contributed by atoms with Crippen LogP contribution in [0, 0.1) is 0 Å². The van der Waals surface area contributed by atoms with Gasteiger partial charge < -0.3 is 9.31 Å². The molecule has 0 N–H and O–H groups in total. The molecule has 0 atom stereocenters. The minimum Gasteiger partial charge on any atom is -0.400 e. The van der Waals surface area contributed by atoms with E-state index in [1.165, 1.54) is 0 Å². The molecule has 2 nitrogen and oxygen atoms in total. The van der Waals surface area contributed by atoms with Crippen molar-refractivity contribution in [3.8, 4) is 0 Å². The van der Waals surface area contributed by atoms with Crippen LogP contribution in [0.5, 0.6) is 0 Å². The smallest absolute Gasteiger partial charge is 0.400 e. The van der Waals surface area contributed by atoms with E-state index in [1.807, 2.05) is 45.8 Å². The number of rotatable bonds is 2. The monoisotopic (exact) mass is 298 g/mol. The summed E-state index contributed by atoms with van der Waals surface area (Å²) in [4.78, 5) is 0. The van der Waals surface area contributed by atoms with Gasteiger partial charge in [-0.3, -0.25) is 0 Å². The zero-order valence-corrected chi connectivity index (χ0v) is 13.0. The molecule has 1 aromatic carbocycles. The fourth-order valence-corrected chi connectivity index (χ4v) is 2.26. The van der Waals surface area contributed by atoms with Gasteiger partial charge in [0.05, 0.1) is 11.2 Å². The van der Waals surface area contributed by atoms with Crippen LogP contribution in [0.15, 0.2) is 24.2 Å². The molecular formula is C14H17BCl2O2. The maximum Gasteiger partial charge on any atom is 0.487 e. The summed E-state index contributed by atoms with van der Waals surface area (Å²) in [5.41, 5.74) is 0.234. The molecule has 0 radical (unpaired) electrons. The highest BCUT2D eigenvalue weighted by Gasteiger charge is 2.49. The average molecular weight is 299 g/mol. The lowest BCUT2D eigenvalue weighted by molar-refractivity contribution is 0.00578. The molecule has 1 heterocycles. The van der Waals surface area contributed by atoms with E-state index in [9.17, 15) is 0 Å². The first-order valence-corrected chi connectivity index (χ1v) is 6.96. The van der Waals surface area contributed by atoms with E-state index in [2.05, 4.69) is 0 Å². The summed E-state index contributed by atoms with van der Waals surface area (Å²) < 4.78 is 11.7. The van der Waals surface area contributed by atoms with Crippen LogP contribution in [-0.4, -0.2) is 18.3 Å². The highest BCUT2D eigenvalue weighted by molar-refractivity contribution is 6.52. The molecule has 0 amide bonds. The molecule has 0 unspecified atom stereocenters. The van der Waals surface area contributed by atoms with Crippen molar-refractivity contribution in [2.45, 2.75) is 38.9 Å². The molecule has 19 heavy (non-hydrogen) atoms. The lowest BCUT2D eigenvalue weighted by atomic mass is 9.89. The van der Waals surface area contributed by atoms with Crippen molar-refractivity contribution < 1.29 is 9.31 Å². The van der Waals surface area contributed by atoms with Crippen molar-refractivity contribution in [1.29, 1.82) is 0 Å². The fourth-order valence-electron chi connectivity index (χ4n) is 1.79. The predicted molar refractivity (Wildman–Crippen MR) is 81.6 cm³/mol. The van der Waals surface area contributed by atoms with Gasteiger partial charge in [-0.25, -0.2) is 0 Å². The third kappa shape index (κ3) is 3.17. The van der Waals surface area contributed by atoms with Crippen molar-refractivity contribution >= 4 is 36.4 Å². The van der Waals surface area contributed by atoms with Crippen LogP contribution in [0.3, 0.4) is 0 Å². The van der Waals surface area contributed by atoms with Gasteiger partial charge in [-0.05, 0) is 45.4 Å². The number of benzene rings is 1. The Labute approximate surface area is 124 Å². The van der Waals surface area contributed by atoms with Crippen LogP contribution in [0.4, 0.5) is 0 Å². The molecule has 1 aliphatic rings. The summed E-state index contributed by atoms with van der Waals surface area (Å²) in [6, 6.07) is 5.39. The van der Waals surface area contributed by atoms with Gasteiger partial charge in [0.25, 0.3) is 0 Å².